The van der Waals surface area contributed by atoms with Crippen LogP contribution >= 0.6 is 0 Å². The van der Waals surface area contributed by atoms with Gasteiger partial charge >= 0.3 is 0 Å². The molecule has 0 radical (unpaired) electrons. The lowest BCUT2D eigenvalue weighted by molar-refractivity contribution is -0.123. The second-order valence-electron chi connectivity index (χ2n) is 5.44. The normalized spacial score (nSPS) is 20.9. The molecule has 0 bridgehead atoms. The number of carbonyl (C=O) groups is 1. The average Bonchev–Trinajstić information content (AvgIpc) is 2.37. The highest BCUT2D eigenvalue weighted by atomic mass is 16.1. The lowest BCUT2D eigenvalue weighted by Crippen LogP contribution is -2.42. The first-order valence-electron chi connectivity index (χ1n) is 6.76. The van der Waals surface area contributed by atoms with Crippen LogP contribution in [-0.4, -0.2) is 32.1 Å². The standard InChI is InChI=1S/C13H27N3O/c1-11(15-2)9-16-12(17)8-13(10-14)6-4-3-5-7-13/h11,15H,3-10,14H2,1-2H3,(H,16,17). The van der Waals surface area contributed by atoms with Crippen molar-refractivity contribution in [3.05, 3.63) is 0 Å². The molecule has 4 nitrogen and oxygen atoms in total. The fourth-order valence-electron chi connectivity index (χ4n) is 2.53. The predicted octanol–water partition coefficient (Wildman–Crippen LogP) is 1.01. The van der Waals surface area contributed by atoms with E-state index in [1.165, 1.54) is 19.3 Å². The SMILES string of the molecule is CNC(C)CNC(=O)CC1(CN)CCCCC1. The third kappa shape index (κ3) is 4.64. The lowest BCUT2D eigenvalue weighted by atomic mass is 9.71. The van der Waals surface area contributed by atoms with Crippen molar-refractivity contribution >= 4 is 5.91 Å². The molecule has 1 aliphatic rings. The molecule has 0 aromatic heterocycles. The molecule has 1 unspecified atom stereocenters. The van der Waals surface area contributed by atoms with E-state index in [9.17, 15) is 4.79 Å². The topological polar surface area (TPSA) is 67.1 Å². The minimum atomic E-state index is 0.0746. The van der Waals surface area contributed by atoms with Gasteiger partial charge in [0.15, 0.2) is 0 Å². The van der Waals surface area contributed by atoms with Crippen molar-refractivity contribution in [2.75, 3.05) is 20.1 Å². The Morgan fingerprint density at radius 2 is 2.00 bits per heavy atom. The van der Waals surface area contributed by atoms with Gasteiger partial charge in [0.1, 0.15) is 0 Å². The van der Waals surface area contributed by atoms with Gasteiger partial charge in [-0.15, -0.1) is 0 Å². The molecule has 1 fully saturated rings. The second kappa shape index (κ2) is 6.97. The van der Waals surface area contributed by atoms with E-state index in [1.807, 2.05) is 7.05 Å². The van der Waals surface area contributed by atoms with Gasteiger partial charge < -0.3 is 16.4 Å². The van der Waals surface area contributed by atoms with Crippen LogP contribution in [-0.2, 0) is 4.79 Å². The van der Waals surface area contributed by atoms with Crippen LogP contribution in [0.5, 0.6) is 0 Å². The number of hydrogen-bond donors (Lipinski definition) is 3. The number of rotatable bonds is 6. The highest BCUT2D eigenvalue weighted by Crippen LogP contribution is 2.38. The molecular formula is C13H27N3O. The number of likely N-dealkylation sites (N-methyl/N-ethyl adjacent to an activating group) is 1. The highest BCUT2D eigenvalue weighted by molar-refractivity contribution is 5.76. The van der Waals surface area contributed by atoms with Gasteiger partial charge in [0, 0.05) is 19.0 Å². The van der Waals surface area contributed by atoms with Crippen LogP contribution in [0.2, 0.25) is 0 Å². The summed E-state index contributed by atoms with van der Waals surface area (Å²) in [7, 11) is 1.90. The van der Waals surface area contributed by atoms with E-state index in [2.05, 4.69) is 17.6 Å². The Hall–Kier alpha value is -0.610. The lowest BCUT2D eigenvalue weighted by Gasteiger charge is -2.35. The number of amides is 1. The van der Waals surface area contributed by atoms with Crippen molar-refractivity contribution in [2.24, 2.45) is 11.1 Å². The maximum Gasteiger partial charge on any atom is 0.220 e. The van der Waals surface area contributed by atoms with Gasteiger partial charge in [0.25, 0.3) is 0 Å². The van der Waals surface area contributed by atoms with Gasteiger partial charge in [0.2, 0.25) is 5.91 Å². The van der Waals surface area contributed by atoms with Gasteiger partial charge in [-0.2, -0.15) is 0 Å². The Morgan fingerprint density at radius 1 is 1.35 bits per heavy atom. The van der Waals surface area contributed by atoms with E-state index >= 15 is 0 Å². The summed E-state index contributed by atoms with van der Waals surface area (Å²) in [4.78, 5) is 11.9. The molecule has 1 rings (SSSR count). The first-order chi connectivity index (χ1) is 8.12. The summed E-state index contributed by atoms with van der Waals surface area (Å²) < 4.78 is 0. The van der Waals surface area contributed by atoms with Gasteiger partial charge in [-0.25, -0.2) is 0 Å². The smallest absolute Gasteiger partial charge is 0.220 e. The van der Waals surface area contributed by atoms with Crippen LogP contribution in [0, 0.1) is 5.41 Å². The van der Waals surface area contributed by atoms with Gasteiger partial charge in [-0.1, -0.05) is 19.3 Å². The molecule has 0 heterocycles. The number of nitrogens with two attached hydrogens (primary N) is 1. The molecule has 1 amide bonds. The molecule has 0 aromatic rings. The summed E-state index contributed by atoms with van der Waals surface area (Å²) >= 11 is 0. The van der Waals surface area contributed by atoms with Crippen molar-refractivity contribution in [2.45, 2.75) is 51.5 Å². The molecule has 1 atom stereocenters. The molecule has 0 aliphatic heterocycles. The first kappa shape index (κ1) is 14.5. The molecule has 0 aromatic carbocycles. The Morgan fingerprint density at radius 3 is 2.53 bits per heavy atom. The minimum Gasteiger partial charge on any atom is -0.355 e. The zero-order valence-electron chi connectivity index (χ0n) is 11.2. The van der Waals surface area contributed by atoms with Crippen molar-refractivity contribution in [3.8, 4) is 0 Å². The fourth-order valence-corrected chi connectivity index (χ4v) is 2.53. The predicted molar refractivity (Wildman–Crippen MR) is 70.7 cm³/mol. The van der Waals surface area contributed by atoms with Crippen LogP contribution in [0.4, 0.5) is 0 Å². The van der Waals surface area contributed by atoms with Crippen molar-refractivity contribution in [1.29, 1.82) is 0 Å². The molecule has 100 valence electrons. The van der Waals surface area contributed by atoms with E-state index in [0.717, 1.165) is 12.8 Å². The van der Waals surface area contributed by atoms with Crippen LogP contribution < -0.4 is 16.4 Å². The molecule has 0 saturated heterocycles. The molecule has 1 aliphatic carbocycles. The monoisotopic (exact) mass is 241 g/mol. The van der Waals surface area contributed by atoms with Crippen molar-refractivity contribution < 1.29 is 4.79 Å². The Bertz CT molecular complexity index is 237. The number of hydrogen-bond acceptors (Lipinski definition) is 3. The Labute approximate surface area is 105 Å². The van der Waals surface area contributed by atoms with Crippen molar-refractivity contribution in [1.82, 2.24) is 10.6 Å². The maximum atomic E-state index is 11.9. The molecule has 0 spiro atoms. The molecule has 1 saturated carbocycles. The zero-order valence-corrected chi connectivity index (χ0v) is 11.2. The number of nitrogens with one attached hydrogen (secondary N) is 2. The third-order valence-electron chi connectivity index (χ3n) is 3.98. The number of carbonyl (C=O) groups excluding carboxylic acids is 1. The van der Waals surface area contributed by atoms with E-state index in [1.54, 1.807) is 0 Å². The molecule has 4 N–H and O–H groups in total. The minimum absolute atomic E-state index is 0.0746. The zero-order chi connectivity index (χ0) is 12.7. The molecular weight excluding hydrogens is 214 g/mol. The van der Waals surface area contributed by atoms with E-state index < -0.39 is 0 Å². The van der Waals surface area contributed by atoms with E-state index in [4.69, 9.17) is 5.73 Å². The van der Waals surface area contributed by atoms with E-state index in [-0.39, 0.29) is 11.3 Å². The summed E-state index contributed by atoms with van der Waals surface area (Å²) in [5.74, 6) is 0.152. The quantitative estimate of drug-likeness (QED) is 0.650. The Kier molecular flexibility index (Phi) is 5.92. The largest absolute Gasteiger partial charge is 0.355 e. The van der Waals surface area contributed by atoms with Crippen LogP contribution in [0.3, 0.4) is 0 Å². The molecule has 17 heavy (non-hydrogen) atoms. The summed E-state index contributed by atoms with van der Waals surface area (Å²) in [5.41, 5.74) is 5.95. The van der Waals surface area contributed by atoms with Crippen LogP contribution in [0.25, 0.3) is 0 Å². The van der Waals surface area contributed by atoms with Gasteiger partial charge in [-0.05, 0) is 38.8 Å². The Balaban J connectivity index is 2.37. The van der Waals surface area contributed by atoms with E-state index in [0.29, 0.717) is 25.6 Å². The highest BCUT2D eigenvalue weighted by Gasteiger charge is 2.32. The summed E-state index contributed by atoms with van der Waals surface area (Å²) in [6.45, 7) is 3.39. The molecule has 4 heteroatoms. The average molecular weight is 241 g/mol. The van der Waals surface area contributed by atoms with Crippen molar-refractivity contribution in [3.63, 3.8) is 0 Å². The van der Waals surface area contributed by atoms with Gasteiger partial charge in [0.05, 0.1) is 0 Å². The summed E-state index contributed by atoms with van der Waals surface area (Å²) in [6, 6.07) is 0.319. The summed E-state index contributed by atoms with van der Waals surface area (Å²) in [6.07, 6.45) is 6.55. The summed E-state index contributed by atoms with van der Waals surface area (Å²) in [5, 5.41) is 6.09. The fraction of sp³-hybridized carbons (Fsp3) is 0.923. The second-order valence-corrected chi connectivity index (χ2v) is 5.44. The van der Waals surface area contributed by atoms with Gasteiger partial charge in [-0.3, -0.25) is 4.79 Å². The maximum absolute atomic E-state index is 11.9. The van der Waals surface area contributed by atoms with Crippen LogP contribution in [0.1, 0.15) is 45.4 Å². The van der Waals surface area contributed by atoms with Crippen LogP contribution in [0.15, 0.2) is 0 Å². The third-order valence-corrected chi connectivity index (χ3v) is 3.98. The first-order valence-corrected chi connectivity index (χ1v) is 6.76.